The van der Waals surface area contributed by atoms with Crippen molar-refractivity contribution in [1.82, 2.24) is 10.6 Å². The summed E-state index contributed by atoms with van der Waals surface area (Å²) in [6.45, 7) is 2.95. The van der Waals surface area contributed by atoms with E-state index in [2.05, 4.69) is 16.0 Å². The summed E-state index contributed by atoms with van der Waals surface area (Å²) in [5, 5.41) is 7.80. The van der Waals surface area contributed by atoms with Crippen LogP contribution in [0, 0.1) is 0 Å². The number of hydrogen-bond acceptors (Lipinski definition) is 3. The van der Waals surface area contributed by atoms with Crippen LogP contribution in [0.1, 0.15) is 18.9 Å². The molecule has 5 N–H and O–H groups in total. The molecule has 0 atom stereocenters. The van der Waals surface area contributed by atoms with E-state index in [4.69, 9.17) is 5.73 Å². The number of nitrogens with two attached hydrogens (primary N) is 1. The number of urea groups is 1. The smallest absolute Gasteiger partial charge is 0.319 e. The summed E-state index contributed by atoms with van der Waals surface area (Å²) < 4.78 is 0. The zero-order valence-corrected chi connectivity index (χ0v) is 11.0. The molecule has 0 aromatic heterocycles. The fraction of sp³-hybridized carbons (Fsp3) is 0.385. The molecule has 0 saturated heterocycles. The molecule has 0 fully saturated rings. The van der Waals surface area contributed by atoms with Gasteiger partial charge in [-0.3, -0.25) is 4.79 Å². The van der Waals surface area contributed by atoms with Gasteiger partial charge in [0.25, 0.3) is 0 Å². The Hall–Kier alpha value is -2.08. The highest BCUT2D eigenvalue weighted by molar-refractivity contribution is 5.92. The molecule has 0 saturated carbocycles. The number of carbonyl (C=O) groups excluding carboxylic acids is 2. The average Bonchev–Trinajstić information content (AvgIpc) is 2.43. The zero-order valence-electron chi connectivity index (χ0n) is 11.0. The average molecular weight is 264 g/mol. The van der Waals surface area contributed by atoms with E-state index >= 15 is 0 Å². The van der Waals surface area contributed by atoms with E-state index in [0.717, 1.165) is 12.0 Å². The largest absolute Gasteiger partial charge is 0.355 e. The topological polar surface area (TPSA) is 96.2 Å². The number of hydrogen-bond donors (Lipinski definition) is 4. The molecule has 1 aromatic carbocycles. The molecule has 1 rings (SSSR count). The second kappa shape index (κ2) is 8.10. The molecule has 0 unspecified atom stereocenters. The van der Waals surface area contributed by atoms with E-state index in [1.165, 1.54) is 0 Å². The van der Waals surface area contributed by atoms with Crippen molar-refractivity contribution in [2.45, 2.75) is 19.9 Å². The Morgan fingerprint density at radius 1 is 1.26 bits per heavy atom. The lowest BCUT2D eigenvalue weighted by Gasteiger charge is -2.08. The summed E-state index contributed by atoms with van der Waals surface area (Å²) in [5.74, 6) is -0.201. The lowest BCUT2D eigenvalue weighted by Crippen LogP contribution is -2.39. The van der Waals surface area contributed by atoms with Crippen LogP contribution >= 0.6 is 0 Å². The molecule has 19 heavy (non-hydrogen) atoms. The number of rotatable bonds is 6. The van der Waals surface area contributed by atoms with Gasteiger partial charge in [0.15, 0.2) is 0 Å². The molecule has 0 aliphatic rings. The third kappa shape index (κ3) is 5.87. The van der Waals surface area contributed by atoms with Gasteiger partial charge in [-0.25, -0.2) is 4.79 Å². The number of nitrogens with one attached hydrogen (secondary N) is 3. The van der Waals surface area contributed by atoms with Crippen LogP contribution in [0.4, 0.5) is 10.5 Å². The normalized spacial score (nSPS) is 9.79. The maximum Gasteiger partial charge on any atom is 0.319 e. The van der Waals surface area contributed by atoms with Crippen molar-refractivity contribution in [3.8, 4) is 0 Å². The third-order valence-electron chi connectivity index (χ3n) is 2.40. The first-order chi connectivity index (χ1) is 9.15. The quantitative estimate of drug-likeness (QED) is 0.611. The van der Waals surface area contributed by atoms with Gasteiger partial charge in [0.1, 0.15) is 0 Å². The Morgan fingerprint density at radius 2 is 2.05 bits per heavy atom. The van der Waals surface area contributed by atoms with Gasteiger partial charge in [-0.15, -0.1) is 0 Å². The summed E-state index contributed by atoms with van der Waals surface area (Å²) in [6, 6.07) is 6.82. The summed E-state index contributed by atoms with van der Waals surface area (Å²) >= 11 is 0. The molecule has 0 bridgehead atoms. The number of benzene rings is 1. The van der Waals surface area contributed by atoms with E-state index in [1.807, 2.05) is 19.1 Å². The first-order valence-electron chi connectivity index (χ1n) is 6.26. The summed E-state index contributed by atoms with van der Waals surface area (Å²) in [5.41, 5.74) is 7.09. The number of amides is 3. The van der Waals surface area contributed by atoms with Gasteiger partial charge >= 0.3 is 6.03 Å². The van der Waals surface area contributed by atoms with Crippen molar-refractivity contribution in [3.63, 3.8) is 0 Å². The molecule has 0 spiro atoms. The fourth-order valence-electron chi connectivity index (χ4n) is 1.44. The third-order valence-corrected chi connectivity index (χ3v) is 2.40. The monoisotopic (exact) mass is 264 g/mol. The zero-order chi connectivity index (χ0) is 14.1. The van der Waals surface area contributed by atoms with Crippen LogP contribution in [0.25, 0.3) is 0 Å². The fourth-order valence-corrected chi connectivity index (χ4v) is 1.44. The predicted molar refractivity (Wildman–Crippen MR) is 74.7 cm³/mol. The van der Waals surface area contributed by atoms with Gasteiger partial charge in [0.05, 0.1) is 6.54 Å². The highest BCUT2D eigenvalue weighted by Gasteiger charge is 2.05. The van der Waals surface area contributed by atoms with Crippen LogP contribution in [0.5, 0.6) is 0 Å². The van der Waals surface area contributed by atoms with Crippen LogP contribution in [0.2, 0.25) is 0 Å². The van der Waals surface area contributed by atoms with Gasteiger partial charge in [-0.1, -0.05) is 19.1 Å². The first kappa shape index (κ1) is 15.0. The Morgan fingerprint density at radius 3 is 2.74 bits per heavy atom. The standard InChI is InChI=1S/C13H20N4O2/c1-2-6-15-12(18)9-16-13(19)17-11-5-3-4-10(7-11)8-14/h3-5,7H,2,6,8-9,14H2,1H3,(H,15,18)(H2,16,17,19). The minimum Gasteiger partial charge on any atom is -0.355 e. The van der Waals surface area contributed by atoms with Crippen molar-refractivity contribution < 1.29 is 9.59 Å². The number of anilines is 1. The molecular weight excluding hydrogens is 244 g/mol. The van der Waals surface area contributed by atoms with Gasteiger partial charge in [0, 0.05) is 18.8 Å². The van der Waals surface area contributed by atoms with E-state index in [9.17, 15) is 9.59 Å². The summed E-state index contributed by atoms with van der Waals surface area (Å²) in [6.07, 6.45) is 0.865. The number of carbonyl (C=O) groups is 2. The Balaban J connectivity index is 2.36. The highest BCUT2D eigenvalue weighted by Crippen LogP contribution is 2.09. The maximum atomic E-state index is 11.6. The Kier molecular flexibility index (Phi) is 6.38. The van der Waals surface area contributed by atoms with E-state index in [-0.39, 0.29) is 12.5 Å². The van der Waals surface area contributed by atoms with Crippen LogP contribution in [0.3, 0.4) is 0 Å². The van der Waals surface area contributed by atoms with Crippen LogP contribution < -0.4 is 21.7 Å². The van der Waals surface area contributed by atoms with Crippen molar-refractivity contribution in [1.29, 1.82) is 0 Å². The van der Waals surface area contributed by atoms with Crippen molar-refractivity contribution in [2.75, 3.05) is 18.4 Å². The molecule has 0 aliphatic carbocycles. The Bertz CT molecular complexity index is 434. The van der Waals surface area contributed by atoms with Gasteiger partial charge < -0.3 is 21.7 Å². The van der Waals surface area contributed by atoms with Gasteiger partial charge in [0.2, 0.25) is 5.91 Å². The molecule has 104 valence electrons. The highest BCUT2D eigenvalue weighted by atomic mass is 16.2. The molecule has 0 aliphatic heterocycles. The van der Waals surface area contributed by atoms with Crippen LogP contribution in [0.15, 0.2) is 24.3 Å². The Labute approximate surface area is 112 Å². The van der Waals surface area contributed by atoms with E-state index in [0.29, 0.717) is 18.8 Å². The molecule has 1 aromatic rings. The van der Waals surface area contributed by atoms with E-state index < -0.39 is 6.03 Å². The van der Waals surface area contributed by atoms with E-state index in [1.54, 1.807) is 12.1 Å². The SMILES string of the molecule is CCCNC(=O)CNC(=O)Nc1cccc(CN)c1. The lowest BCUT2D eigenvalue weighted by atomic mass is 10.2. The molecule has 6 nitrogen and oxygen atoms in total. The molecule has 3 amide bonds. The van der Waals surface area contributed by atoms with Gasteiger partial charge in [-0.05, 0) is 24.1 Å². The molecule has 6 heteroatoms. The summed E-state index contributed by atoms with van der Waals surface area (Å²) in [4.78, 5) is 22.8. The summed E-state index contributed by atoms with van der Waals surface area (Å²) in [7, 11) is 0. The minimum absolute atomic E-state index is 0.0393. The van der Waals surface area contributed by atoms with Crippen LogP contribution in [-0.4, -0.2) is 25.0 Å². The molecule has 0 heterocycles. The molecular formula is C13H20N4O2. The lowest BCUT2D eigenvalue weighted by molar-refractivity contribution is -0.120. The van der Waals surface area contributed by atoms with Crippen LogP contribution in [-0.2, 0) is 11.3 Å². The maximum absolute atomic E-state index is 11.6. The minimum atomic E-state index is -0.416. The second-order valence-electron chi connectivity index (χ2n) is 4.06. The first-order valence-corrected chi connectivity index (χ1v) is 6.26. The predicted octanol–water partition coefficient (Wildman–Crippen LogP) is 0.793. The van der Waals surface area contributed by atoms with Crippen molar-refractivity contribution in [2.24, 2.45) is 5.73 Å². The second-order valence-corrected chi connectivity index (χ2v) is 4.06. The van der Waals surface area contributed by atoms with Crippen molar-refractivity contribution in [3.05, 3.63) is 29.8 Å². The van der Waals surface area contributed by atoms with Gasteiger partial charge in [-0.2, -0.15) is 0 Å². The molecule has 0 radical (unpaired) electrons. The van der Waals surface area contributed by atoms with Crippen molar-refractivity contribution >= 4 is 17.6 Å².